The lowest BCUT2D eigenvalue weighted by atomic mass is 10.1. The Balaban J connectivity index is 2.24. The summed E-state index contributed by atoms with van der Waals surface area (Å²) >= 11 is 1.25. The van der Waals surface area contributed by atoms with Crippen LogP contribution in [0.1, 0.15) is 19.8 Å². The molecule has 1 rings (SSSR count). The van der Waals surface area contributed by atoms with Gasteiger partial charge in [0.1, 0.15) is 0 Å². The van der Waals surface area contributed by atoms with E-state index in [0.717, 1.165) is 12.1 Å². The van der Waals surface area contributed by atoms with Crippen molar-refractivity contribution in [2.45, 2.75) is 24.7 Å². The van der Waals surface area contributed by atoms with Crippen LogP contribution in [0, 0.1) is 17.6 Å². The van der Waals surface area contributed by atoms with E-state index in [2.05, 4.69) is 5.32 Å². The molecule has 0 fully saturated rings. The molecular formula is C14H17F2NO3S. The van der Waals surface area contributed by atoms with Crippen LogP contribution in [-0.2, 0) is 9.59 Å². The average Bonchev–Trinajstić information content (AvgIpc) is 2.40. The van der Waals surface area contributed by atoms with Gasteiger partial charge in [0.05, 0.1) is 0 Å². The SMILES string of the molecule is CC(CNC(=O)CCSc1ccc(F)c(F)c1)CC(=O)O. The van der Waals surface area contributed by atoms with Gasteiger partial charge in [0, 0.05) is 30.0 Å². The van der Waals surface area contributed by atoms with E-state index < -0.39 is 17.6 Å². The molecule has 0 radical (unpaired) electrons. The summed E-state index contributed by atoms with van der Waals surface area (Å²) in [6, 6.07) is 3.59. The Hall–Kier alpha value is -1.63. The number of hydrogen-bond acceptors (Lipinski definition) is 3. The average molecular weight is 317 g/mol. The van der Waals surface area contributed by atoms with Gasteiger partial charge in [0.25, 0.3) is 0 Å². The standard InChI is InChI=1S/C14H17F2NO3S/c1-9(6-14(19)20)8-17-13(18)4-5-21-10-2-3-11(15)12(16)7-10/h2-3,7,9H,4-6,8H2,1H3,(H,17,18)(H,19,20). The van der Waals surface area contributed by atoms with Crippen LogP contribution in [0.25, 0.3) is 0 Å². The Bertz CT molecular complexity index is 511. The van der Waals surface area contributed by atoms with E-state index in [-0.39, 0.29) is 24.7 Å². The highest BCUT2D eigenvalue weighted by molar-refractivity contribution is 7.99. The van der Waals surface area contributed by atoms with E-state index in [1.54, 1.807) is 6.92 Å². The van der Waals surface area contributed by atoms with Crippen LogP contribution in [0.4, 0.5) is 8.78 Å². The second-order valence-electron chi connectivity index (χ2n) is 4.68. The van der Waals surface area contributed by atoms with E-state index in [4.69, 9.17) is 5.11 Å². The molecule has 1 amide bonds. The second-order valence-corrected chi connectivity index (χ2v) is 5.85. The lowest BCUT2D eigenvalue weighted by Crippen LogP contribution is -2.29. The molecule has 1 aromatic carbocycles. The van der Waals surface area contributed by atoms with Crippen molar-refractivity contribution in [3.05, 3.63) is 29.8 Å². The zero-order chi connectivity index (χ0) is 15.8. The van der Waals surface area contributed by atoms with Crippen molar-refractivity contribution >= 4 is 23.6 Å². The van der Waals surface area contributed by atoms with Gasteiger partial charge in [-0.05, 0) is 24.1 Å². The molecule has 4 nitrogen and oxygen atoms in total. The number of nitrogens with one attached hydrogen (secondary N) is 1. The fourth-order valence-corrected chi connectivity index (χ4v) is 2.45. The van der Waals surface area contributed by atoms with Gasteiger partial charge in [-0.1, -0.05) is 6.92 Å². The Kier molecular flexibility index (Phi) is 7.14. The van der Waals surface area contributed by atoms with Gasteiger partial charge in [-0.3, -0.25) is 9.59 Å². The lowest BCUT2D eigenvalue weighted by Gasteiger charge is -2.10. The quantitative estimate of drug-likeness (QED) is 0.724. The molecule has 0 aliphatic heterocycles. The highest BCUT2D eigenvalue weighted by Gasteiger charge is 2.09. The highest BCUT2D eigenvalue weighted by Crippen LogP contribution is 2.20. The van der Waals surface area contributed by atoms with Crippen LogP contribution in [0.3, 0.4) is 0 Å². The molecule has 0 aromatic heterocycles. The van der Waals surface area contributed by atoms with Gasteiger partial charge in [-0.2, -0.15) is 0 Å². The van der Waals surface area contributed by atoms with E-state index in [9.17, 15) is 18.4 Å². The Labute approximate surface area is 125 Å². The molecular weight excluding hydrogens is 300 g/mol. The number of amides is 1. The lowest BCUT2D eigenvalue weighted by molar-refractivity contribution is -0.138. The minimum absolute atomic E-state index is 0.00386. The highest BCUT2D eigenvalue weighted by atomic mass is 32.2. The molecule has 7 heteroatoms. The molecule has 0 heterocycles. The number of carbonyl (C=O) groups excluding carboxylic acids is 1. The van der Waals surface area contributed by atoms with Crippen molar-refractivity contribution in [2.75, 3.05) is 12.3 Å². The molecule has 0 aliphatic rings. The number of rotatable bonds is 8. The predicted octanol–water partition coefficient (Wildman–Crippen LogP) is 2.67. The molecule has 0 aliphatic carbocycles. The summed E-state index contributed by atoms with van der Waals surface area (Å²) in [6.07, 6.45) is 0.230. The molecule has 2 N–H and O–H groups in total. The molecule has 21 heavy (non-hydrogen) atoms. The third-order valence-electron chi connectivity index (χ3n) is 2.66. The van der Waals surface area contributed by atoms with E-state index in [1.165, 1.54) is 17.8 Å². The first-order valence-corrected chi connectivity index (χ1v) is 7.43. The van der Waals surface area contributed by atoms with Crippen LogP contribution < -0.4 is 5.32 Å². The molecule has 0 saturated heterocycles. The smallest absolute Gasteiger partial charge is 0.303 e. The van der Waals surface area contributed by atoms with Crippen molar-refractivity contribution < 1.29 is 23.5 Å². The number of carbonyl (C=O) groups is 2. The summed E-state index contributed by atoms with van der Waals surface area (Å²) in [5, 5.41) is 11.2. The van der Waals surface area contributed by atoms with Crippen molar-refractivity contribution in [1.29, 1.82) is 0 Å². The van der Waals surface area contributed by atoms with Crippen molar-refractivity contribution in [1.82, 2.24) is 5.32 Å². The third-order valence-corrected chi connectivity index (χ3v) is 3.66. The van der Waals surface area contributed by atoms with Crippen LogP contribution in [-0.4, -0.2) is 29.3 Å². The van der Waals surface area contributed by atoms with E-state index in [0.29, 0.717) is 17.2 Å². The van der Waals surface area contributed by atoms with Crippen LogP contribution in [0.15, 0.2) is 23.1 Å². The summed E-state index contributed by atoms with van der Waals surface area (Å²) in [5.74, 6) is -2.60. The number of carboxylic acid groups (broad SMARTS) is 1. The van der Waals surface area contributed by atoms with Crippen molar-refractivity contribution in [2.24, 2.45) is 5.92 Å². The number of halogens is 2. The third kappa shape index (κ3) is 7.08. The van der Waals surface area contributed by atoms with Crippen LogP contribution >= 0.6 is 11.8 Å². The number of aliphatic carboxylic acids is 1. The summed E-state index contributed by atoms with van der Waals surface area (Å²) in [4.78, 5) is 22.6. The summed E-state index contributed by atoms with van der Waals surface area (Å²) in [5.41, 5.74) is 0. The van der Waals surface area contributed by atoms with Gasteiger partial charge < -0.3 is 10.4 Å². The Morgan fingerprint density at radius 3 is 2.67 bits per heavy atom. The fraction of sp³-hybridized carbons (Fsp3) is 0.429. The largest absolute Gasteiger partial charge is 0.481 e. The number of carboxylic acids is 1. The summed E-state index contributed by atoms with van der Waals surface area (Å²) in [7, 11) is 0. The zero-order valence-electron chi connectivity index (χ0n) is 11.6. The molecule has 0 saturated carbocycles. The molecule has 1 atom stereocenters. The van der Waals surface area contributed by atoms with Gasteiger partial charge in [-0.25, -0.2) is 8.78 Å². The maximum absolute atomic E-state index is 13.0. The summed E-state index contributed by atoms with van der Waals surface area (Å²) in [6.45, 7) is 2.05. The van der Waals surface area contributed by atoms with Crippen LogP contribution in [0.5, 0.6) is 0 Å². The molecule has 0 spiro atoms. The van der Waals surface area contributed by atoms with Gasteiger partial charge in [0.15, 0.2) is 11.6 Å². The van der Waals surface area contributed by atoms with E-state index in [1.807, 2.05) is 0 Å². The van der Waals surface area contributed by atoms with Gasteiger partial charge in [-0.15, -0.1) is 11.8 Å². The van der Waals surface area contributed by atoms with E-state index >= 15 is 0 Å². The zero-order valence-corrected chi connectivity index (χ0v) is 12.4. The number of thioether (sulfide) groups is 1. The van der Waals surface area contributed by atoms with Crippen molar-refractivity contribution in [3.63, 3.8) is 0 Å². The Morgan fingerprint density at radius 2 is 2.05 bits per heavy atom. The minimum atomic E-state index is -0.910. The number of benzene rings is 1. The topological polar surface area (TPSA) is 66.4 Å². The second kappa shape index (κ2) is 8.61. The first-order chi connectivity index (χ1) is 9.88. The number of hydrogen-bond donors (Lipinski definition) is 2. The molecule has 1 unspecified atom stereocenters. The predicted molar refractivity (Wildman–Crippen MR) is 76.1 cm³/mol. The van der Waals surface area contributed by atoms with Gasteiger partial charge in [0.2, 0.25) is 5.91 Å². The van der Waals surface area contributed by atoms with Crippen LogP contribution in [0.2, 0.25) is 0 Å². The van der Waals surface area contributed by atoms with Gasteiger partial charge >= 0.3 is 5.97 Å². The Morgan fingerprint density at radius 1 is 1.33 bits per heavy atom. The first-order valence-electron chi connectivity index (χ1n) is 6.45. The maximum atomic E-state index is 13.0. The minimum Gasteiger partial charge on any atom is -0.481 e. The molecule has 1 aromatic rings. The normalized spacial score (nSPS) is 12.0. The first kappa shape index (κ1) is 17.4. The molecule has 0 bridgehead atoms. The molecule has 116 valence electrons. The maximum Gasteiger partial charge on any atom is 0.303 e. The van der Waals surface area contributed by atoms with Crippen molar-refractivity contribution in [3.8, 4) is 0 Å². The summed E-state index contributed by atoms with van der Waals surface area (Å²) < 4.78 is 25.7. The monoisotopic (exact) mass is 317 g/mol. The fourth-order valence-electron chi connectivity index (χ4n) is 1.57.